The Morgan fingerprint density at radius 2 is 2.08 bits per heavy atom. The number of carbonyl (C=O) groups is 2. The minimum absolute atomic E-state index is 0.0273. The first kappa shape index (κ1) is 20.1. The minimum Gasteiger partial charge on any atom is -0.497 e. The summed E-state index contributed by atoms with van der Waals surface area (Å²) in [6, 6.07) is 5.46. The predicted molar refractivity (Wildman–Crippen MR) is 100 cm³/mol. The number of methoxy groups -OCH3 is 2. The summed E-state index contributed by atoms with van der Waals surface area (Å²) in [4.78, 5) is 26.8. The van der Waals surface area contributed by atoms with E-state index in [4.69, 9.17) is 9.47 Å². The lowest BCUT2D eigenvalue weighted by Crippen LogP contribution is -2.46. The van der Waals surface area contributed by atoms with Crippen molar-refractivity contribution in [3.05, 3.63) is 23.8 Å². The molecule has 1 aliphatic rings. The molecule has 1 aliphatic heterocycles. The highest BCUT2D eigenvalue weighted by atomic mass is 16.5. The lowest BCUT2D eigenvalue weighted by molar-refractivity contribution is -0.135. The van der Waals surface area contributed by atoms with Crippen LogP contribution in [-0.4, -0.2) is 50.6 Å². The second-order valence-corrected chi connectivity index (χ2v) is 6.68. The van der Waals surface area contributed by atoms with Crippen LogP contribution in [0.25, 0.3) is 0 Å². The summed E-state index contributed by atoms with van der Waals surface area (Å²) >= 11 is 0. The second-order valence-electron chi connectivity index (χ2n) is 6.68. The zero-order chi connectivity index (χ0) is 18.9. The number of likely N-dealkylation sites (tertiary alicyclic amines) is 1. The Morgan fingerprint density at radius 3 is 2.77 bits per heavy atom. The van der Waals surface area contributed by atoms with Crippen molar-refractivity contribution in [2.75, 3.05) is 33.9 Å². The molecule has 0 bridgehead atoms. The minimum atomic E-state index is -0.109. The molecule has 1 atom stereocenters. The van der Waals surface area contributed by atoms with Crippen molar-refractivity contribution in [2.45, 2.75) is 39.0 Å². The van der Waals surface area contributed by atoms with Crippen LogP contribution in [0.15, 0.2) is 18.2 Å². The Balaban J connectivity index is 1.95. The molecule has 2 amide bonds. The lowest BCUT2D eigenvalue weighted by atomic mass is 9.96. The van der Waals surface area contributed by atoms with E-state index in [1.807, 2.05) is 12.1 Å². The van der Waals surface area contributed by atoms with E-state index in [2.05, 4.69) is 12.2 Å². The maximum absolute atomic E-state index is 12.7. The van der Waals surface area contributed by atoms with Crippen LogP contribution in [0.2, 0.25) is 0 Å². The Morgan fingerprint density at radius 1 is 1.27 bits per heavy atom. The fraction of sp³-hybridized carbons (Fsp3) is 0.600. The smallest absolute Gasteiger partial charge is 0.227 e. The average Bonchev–Trinajstić information content (AvgIpc) is 2.68. The Kier molecular flexibility index (Phi) is 7.75. The molecule has 0 aromatic heterocycles. The Labute approximate surface area is 155 Å². The van der Waals surface area contributed by atoms with E-state index in [1.54, 1.807) is 25.2 Å². The SMILES string of the molecule is CCCCNC(=O)C1CCCN(C(=O)Cc2ccc(OC)cc2OC)C1. The van der Waals surface area contributed by atoms with Gasteiger partial charge in [0.15, 0.2) is 0 Å². The number of ether oxygens (including phenoxy) is 2. The van der Waals surface area contributed by atoms with Gasteiger partial charge < -0.3 is 19.7 Å². The van der Waals surface area contributed by atoms with Gasteiger partial charge in [-0.3, -0.25) is 9.59 Å². The summed E-state index contributed by atoms with van der Waals surface area (Å²) < 4.78 is 10.6. The van der Waals surface area contributed by atoms with Crippen molar-refractivity contribution >= 4 is 11.8 Å². The molecule has 1 unspecified atom stereocenters. The molecule has 0 spiro atoms. The van der Waals surface area contributed by atoms with Crippen LogP contribution in [0.5, 0.6) is 11.5 Å². The third kappa shape index (κ3) is 5.38. The molecule has 1 N–H and O–H groups in total. The summed E-state index contributed by atoms with van der Waals surface area (Å²) in [5.74, 6) is 1.32. The fourth-order valence-corrected chi connectivity index (χ4v) is 3.22. The van der Waals surface area contributed by atoms with Crippen molar-refractivity contribution in [2.24, 2.45) is 5.92 Å². The first-order valence-electron chi connectivity index (χ1n) is 9.35. The standard InChI is InChI=1S/C20H30N2O4/c1-4-5-10-21-20(24)16-7-6-11-22(14-16)19(23)12-15-8-9-17(25-2)13-18(15)26-3/h8-9,13,16H,4-7,10-12,14H2,1-3H3,(H,21,24). The molecular formula is C20H30N2O4. The van der Waals surface area contributed by atoms with Gasteiger partial charge in [0.1, 0.15) is 11.5 Å². The van der Waals surface area contributed by atoms with Gasteiger partial charge in [-0.05, 0) is 25.3 Å². The molecule has 1 aromatic rings. The van der Waals surface area contributed by atoms with Crippen LogP contribution >= 0.6 is 0 Å². The maximum Gasteiger partial charge on any atom is 0.227 e. The van der Waals surface area contributed by atoms with E-state index in [-0.39, 0.29) is 24.2 Å². The molecule has 0 radical (unpaired) electrons. The number of piperidine rings is 1. The van der Waals surface area contributed by atoms with Gasteiger partial charge in [0, 0.05) is 31.3 Å². The molecule has 26 heavy (non-hydrogen) atoms. The zero-order valence-corrected chi connectivity index (χ0v) is 16.0. The van der Waals surface area contributed by atoms with Gasteiger partial charge in [0.2, 0.25) is 11.8 Å². The van der Waals surface area contributed by atoms with Gasteiger partial charge in [-0.15, -0.1) is 0 Å². The largest absolute Gasteiger partial charge is 0.497 e. The van der Waals surface area contributed by atoms with E-state index >= 15 is 0 Å². The molecule has 2 rings (SSSR count). The predicted octanol–water partition coefficient (Wildman–Crippen LogP) is 2.40. The number of amides is 2. The summed E-state index contributed by atoms with van der Waals surface area (Å²) in [6.07, 6.45) is 4.00. The van der Waals surface area contributed by atoms with Gasteiger partial charge >= 0.3 is 0 Å². The zero-order valence-electron chi connectivity index (χ0n) is 16.0. The quantitative estimate of drug-likeness (QED) is 0.721. The van der Waals surface area contributed by atoms with E-state index < -0.39 is 0 Å². The van der Waals surface area contributed by atoms with E-state index in [0.717, 1.165) is 31.2 Å². The Bertz CT molecular complexity index is 618. The van der Waals surface area contributed by atoms with E-state index in [9.17, 15) is 9.59 Å². The number of carbonyl (C=O) groups excluding carboxylic acids is 2. The molecule has 6 heteroatoms. The van der Waals surface area contributed by atoms with Gasteiger partial charge in [-0.1, -0.05) is 19.4 Å². The highest BCUT2D eigenvalue weighted by Crippen LogP contribution is 2.26. The molecule has 1 fully saturated rings. The first-order valence-corrected chi connectivity index (χ1v) is 9.35. The van der Waals surface area contributed by atoms with Crippen LogP contribution in [-0.2, 0) is 16.0 Å². The lowest BCUT2D eigenvalue weighted by Gasteiger charge is -2.32. The Hall–Kier alpha value is -2.24. The summed E-state index contributed by atoms with van der Waals surface area (Å²) in [5.41, 5.74) is 0.827. The topological polar surface area (TPSA) is 67.9 Å². The van der Waals surface area contributed by atoms with E-state index in [0.29, 0.717) is 31.1 Å². The van der Waals surface area contributed by atoms with Crippen LogP contribution in [0.1, 0.15) is 38.2 Å². The molecule has 1 heterocycles. The fourth-order valence-electron chi connectivity index (χ4n) is 3.22. The van der Waals surface area contributed by atoms with E-state index in [1.165, 1.54) is 0 Å². The van der Waals surface area contributed by atoms with Crippen LogP contribution in [0.4, 0.5) is 0 Å². The summed E-state index contributed by atoms with van der Waals surface area (Å²) in [6.45, 7) is 4.01. The van der Waals surface area contributed by atoms with Crippen LogP contribution in [0.3, 0.4) is 0 Å². The molecule has 1 aromatic carbocycles. The monoisotopic (exact) mass is 362 g/mol. The maximum atomic E-state index is 12.7. The number of hydrogen-bond donors (Lipinski definition) is 1. The number of benzene rings is 1. The van der Waals surface area contributed by atoms with Crippen molar-refractivity contribution in [3.63, 3.8) is 0 Å². The molecule has 0 saturated carbocycles. The van der Waals surface area contributed by atoms with Crippen LogP contribution in [0, 0.1) is 5.92 Å². The van der Waals surface area contributed by atoms with Crippen molar-refractivity contribution < 1.29 is 19.1 Å². The summed E-state index contributed by atoms with van der Waals surface area (Å²) in [5, 5.41) is 2.98. The first-order chi connectivity index (χ1) is 12.6. The number of hydrogen-bond acceptors (Lipinski definition) is 4. The third-order valence-electron chi connectivity index (χ3n) is 4.81. The van der Waals surface area contributed by atoms with Gasteiger partial charge in [0.25, 0.3) is 0 Å². The molecule has 1 saturated heterocycles. The van der Waals surface area contributed by atoms with Gasteiger partial charge in [0.05, 0.1) is 26.6 Å². The van der Waals surface area contributed by atoms with Crippen molar-refractivity contribution in [3.8, 4) is 11.5 Å². The number of nitrogens with one attached hydrogen (secondary N) is 1. The highest BCUT2D eigenvalue weighted by Gasteiger charge is 2.28. The summed E-state index contributed by atoms with van der Waals surface area (Å²) in [7, 11) is 3.18. The third-order valence-corrected chi connectivity index (χ3v) is 4.81. The number of unbranched alkanes of at least 4 members (excludes halogenated alkanes) is 1. The number of rotatable bonds is 8. The van der Waals surface area contributed by atoms with Gasteiger partial charge in [-0.25, -0.2) is 0 Å². The average molecular weight is 362 g/mol. The normalized spacial score (nSPS) is 16.9. The van der Waals surface area contributed by atoms with Gasteiger partial charge in [-0.2, -0.15) is 0 Å². The second kappa shape index (κ2) is 10.0. The highest BCUT2D eigenvalue weighted by molar-refractivity contribution is 5.82. The molecule has 144 valence electrons. The van der Waals surface area contributed by atoms with Crippen LogP contribution < -0.4 is 14.8 Å². The molecule has 0 aliphatic carbocycles. The van der Waals surface area contributed by atoms with Crippen molar-refractivity contribution in [1.82, 2.24) is 10.2 Å². The van der Waals surface area contributed by atoms with Crippen molar-refractivity contribution in [1.29, 1.82) is 0 Å². The number of nitrogens with zero attached hydrogens (tertiary/aromatic N) is 1. The molecular weight excluding hydrogens is 332 g/mol. The molecule has 6 nitrogen and oxygen atoms in total.